The Kier molecular flexibility index (Phi) is 5.55. The van der Waals surface area contributed by atoms with Crippen LogP contribution < -0.4 is 10.1 Å². The average molecular weight is 421 g/mol. The van der Waals surface area contributed by atoms with Crippen LogP contribution in [0.3, 0.4) is 0 Å². The zero-order valence-electron chi connectivity index (χ0n) is 14.8. The van der Waals surface area contributed by atoms with Gasteiger partial charge in [0.1, 0.15) is 11.3 Å². The fraction of sp³-hybridized carbons (Fsp3) is 0.105. The van der Waals surface area contributed by atoms with E-state index >= 15 is 0 Å². The van der Waals surface area contributed by atoms with Gasteiger partial charge in [-0.2, -0.15) is 0 Å². The molecular weight excluding hydrogens is 407 g/mol. The van der Waals surface area contributed by atoms with E-state index in [-0.39, 0.29) is 23.0 Å². The summed E-state index contributed by atoms with van der Waals surface area (Å²) in [7, 11) is 0. The van der Waals surface area contributed by atoms with E-state index in [1.807, 2.05) is 0 Å². The van der Waals surface area contributed by atoms with Crippen molar-refractivity contribution in [2.24, 2.45) is 0 Å². The smallest absolute Gasteiger partial charge is 0.406 e. The summed E-state index contributed by atoms with van der Waals surface area (Å²) in [4.78, 5) is 26.1. The summed E-state index contributed by atoms with van der Waals surface area (Å²) in [5.41, 5.74) is 0.857. The highest BCUT2D eigenvalue weighted by atomic mass is 32.1. The molecule has 29 heavy (non-hydrogen) atoms. The van der Waals surface area contributed by atoms with Crippen molar-refractivity contribution in [1.82, 2.24) is 14.8 Å². The maximum atomic E-state index is 12.6. The number of ether oxygens (including phenoxy) is 1. The number of carbonyl (C=O) groups is 2. The molecule has 1 fully saturated rings. The van der Waals surface area contributed by atoms with Gasteiger partial charge in [-0.15, -0.1) is 19.8 Å². The molecule has 0 radical (unpaired) electrons. The van der Waals surface area contributed by atoms with Gasteiger partial charge in [0, 0.05) is 24.1 Å². The van der Waals surface area contributed by atoms with Gasteiger partial charge in [0.05, 0.1) is 0 Å². The Bertz CT molecular complexity index is 1010. The van der Waals surface area contributed by atoms with E-state index in [9.17, 15) is 22.8 Å². The predicted molar refractivity (Wildman–Crippen MR) is 103 cm³/mol. The summed E-state index contributed by atoms with van der Waals surface area (Å²) < 4.78 is 42.4. The SMILES string of the molecule is C=CCN1C(=O)/C(=C/c2cccn2-c2ccc(OC(F)(F)F)cc2)C(=O)NC1=S. The highest BCUT2D eigenvalue weighted by Crippen LogP contribution is 2.25. The molecular formula is C19H14F3N3O3S. The van der Waals surface area contributed by atoms with Crippen LogP contribution in [0.4, 0.5) is 13.2 Å². The number of thiocarbonyl (C=S) groups is 1. The Morgan fingerprint density at radius 3 is 2.48 bits per heavy atom. The van der Waals surface area contributed by atoms with Crippen LogP contribution in [0.25, 0.3) is 11.8 Å². The molecule has 1 N–H and O–H groups in total. The number of carbonyl (C=O) groups excluding carboxylic acids is 2. The first kappa shape index (κ1) is 20.3. The molecule has 10 heteroatoms. The van der Waals surface area contributed by atoms with Gasteiger partial charge in [-0.1, -0.05) is 6.08 Å². The fourth-order valence-corrected chi connectivity index (χ4v) is 2.94. The van der Waals surface area contributed by atoms with Crippen LogP contribution in [0.15, 0.2) is 60.8 Å². The average Bonchev–Trinajstić information content (AvgIpc) is 3.10. The summed E-state index contributed by atoms with van der Waals surface area (Å²) in [6.07, 6.45) is -0.275. The molecule has 2 aromatic rings. The zero-order chi connectivity index (χ0) is 21.2. The Morgan fingerprint density at radius 2 is 1.86 bits per heavy atom. The van der Waals surface area contributed by atoms with E-state index in [1.165, 1.54) is 41.3 Å². The van der Waals surface area contributed by atoms with Gasteiger partial charge in [-0.25, -0.2) is 0 Å². The number of hydrogen-bond acceptors (Lipinski definition) is 4. The van der Waals surface area contributed by atoms with Crippen LogP contribution >= 0.6 is 12.2 Å². The molecule has 0 bridgehead atoms. The Morgan fingerprint density at radius 1 is 1.17 bits per heavy atom. The third-order valence-electron chi connectivity index (χ3n) is 3.92. The van der Waals surface area contributed by atoms with Crippen LogP contribution in [0.2, 0.25) is 0 Å². The topological polar surface area (TPSA) is 63.6 Å². The molecule has 0 aliphatic carbocycles. The number of alkyl halides is 3. The molecule has 2 heterocycles. The second-order valence-electron chi connectivity index (χ2n) is 5.87. The number of halogens is 3. The summed E-state index contributed by atoms with van der Waals surface area (Å²) in [5.74, 6) is -1.56. The number of aromatic nitrogens is 1. The molecule has 2 amide bonds. The summed E-state index contributed by atoms with van der Waals surface area (Å²) >= 11 is 5.00. The Labute approximate surface area is 168 Å². The lowest BCUT2D eigenvalue weighted by Gasteiger charge is -2.27. The number of hydrogen-bond donors (Lipinski definition) is 1. The molecule has 0 saturated carbocycles. The predicted octanol–water partition coefficient (Wildman–Crippen LogP) is 3.19. The van der Waals surface area contributed by atoms with Crippen molar-refractivity contribution < 1.29 is 27.5 Å². The quantitative estimate of drug-likeness (QED) is 0.349. The van der Waals surface area contributed by atoms with Crippen molar-refractivity contribution in [2.45, 2.75) is 6.36 Å². The van der Waals surface area contributed by atoms with Crippen LogP contribution in [0.5, 0.6) is 5.75 Å². The van der Waals surface area contributed by atoms with Gasteiger partial charge in [-0.05, 0) is 54.7 Å². The van der Waals surface area contributed by atoms with Crippen LogP contribution in [-0.2, 0) is 9.59 Å². The van der Waals surface area contributed by atoms with Crippen molar-refractivity contribution in [3.8, 4) is 11.4 Å². The van der Waals surface area contributed by atoms with Crippen molar-refractivity contribution in [1.29, 1.82) is 0 Å². The summed E-state index contributed by atoms with van der Waals surface area (Å²) in [6, 6.07) is 8.50. The van der Waals surface area contributed by atoms with Crippen LogP contribution in [0.1, 0.15) is 5.69 Å². The molecule has 3 rings (SSSR count). The minimum Gasteiger partial charge on any atom is -0.406 e. The first-order valence-corrected chi connectivity index (χ1v) is 8.64. The highest BCUT2D eigenvalue weighted by molar-refractivity contribution is 7.80. The van der Waals surface area contributed by atoms with Crippen molar-refractivity contribution in [3.63, 3.8) is 0 Å². The molecule has 0 spiro atoms. The van der Waals surface area contributed by atoms with E-state index in [2.05, 4.69) is 16.6 Å². The van der Waals surface area contributed by atoms with E-state index < -0.39 is 18.2 Å². The molecule has 1 aliphatic heterocycles. The largest absolute Gasteiger partial charge is 0.573 e. The molecule has 1 aliphatic rings. The lowest BCUT2D eigenvalue weighted by Crippen LogP contribution is -2.53. The molecule has 1 aromatic carbocycles. The Balaban J connectivity index is 1.92. The monoisotopic (exact) mass is 421 g/mol. The highest BCUT2D eigenvalue weighted by Gasteiger charge is 2.33. The van der Waals surface area contributed by atoms with Gasteiger partial charge in [0.25, 0.3) is 11.8 Å². The minimum atomic E-state index is -4.78. The number of nitrogens with one attached hydrogen (secondary N) is 1. The Hall–Kier alpha value is -3.40. The van der Waals surface area contributed by atoms with Gasteiger partial charge in [0.15, 0.2) is 5.11 Å². The molecule has 1 saturated heterocycles. The first-order chi connectivity index (χ1) is 13.7. The number of nitrogens with zero attached hydrogens (tertiary/aromatic N) is 2. The van der Waals surface area contributed by atoms with Gasteiger partial charge >= 0.3 is 6.36 Å². The third-order valence-corrected chi connectivity index (χ3v) is 4.24. The van der Waals surface area contributed by atoms with Gasteiger partial charge < -0.3 is 9.30 Å². The fourth-order valence-electron chi connectivity index (χ4n) is 2.69. The molecule has 6 nitrogen and oxygen atoms in total. The van der Waals surface area contributed by atoms with E-state index in [4.69, 9.17) is 12.2 Å². The number of amides is 2. The van der Waals surface area contributed by atoms with Crippen molar-refractivity contribution in [2.75, 3.05) is 6.54 Å². The summed E-state index contributed by atoms with van der Waals surface area (Å²) in [6.45, 7) is 3.69. The lowest BCUT2D eigenvalue weighted by atomic mass is 10.1. The lowest BCUT2D eigenvalue weighted by molar-refractivity contribution is -0.274. The third kappa shape index (κ3) is 4.54. The number of benzene rings is 1. The van der Waals surface area contributed by atoms with Gasteiger partial charge in [0.2, 0.25) is 0 Å². The molecule has 0 atom stereocenters. The minimum absolute atomic E-state index is 0.00677. The molecule has 0 unspecified atom stereocenters. The standard InChI is InChI=1S/C19H14F3N3O3S/c1-2-9-25-17(27)15(16(26)23-18(25)29)11-13-4-3-10-24(13)12-5-7-14(8-6-12)28-19(20,21)22/h2-8,10-11H,1,9H2,(H,23,26,29)/b15-11+. The van der Waals surface area contributed by atoms with Gasteiger partial charge in [-0.3, -0.25) is 19.8 Å². The maximum absolute atomic E-state index is 12.6. The van der Waals surface area contributed by atoms with E-state index in [0.29, 0.717) is 11.4 Å². The van der Waals surface area contributed by atoms with Crippen molar-refractivity contribution in [3.05, 3.63) is 66.5 Å². The second-order valence-corrected chi connectivity index (χ2v) is 6.25. The normalized spacial score (nSPS) is 16.2. The molecule has 150 valence electrons. The first-order valence-electron chi connectivity index (χ1n) is 8.23. The second kappa shape index (κ2) is 7.92. The zero-order valence-corrected chi connectivity index (χ0v) is 15.6. The van der Waals surface area contributed by atoms with Crippen LogP contribution in [-0.4, -0.2) is 39.3 Å². The van der Waals surface area contributed by atoms with E-state index in [1.54, 1.807) is 22.9 Å². The van der Waals surface area contributed by atoms with E-state index in [0.717, 1.165) is 0 Å². The van der Waals surface area contributed by atoms with Crippen LogP contribution in [0, 0.1) is 0 Å². The maximum Gasteiger partial charge on any atom is 0.573 e. The van der Waals surface area contributed by atoms with Crippen molar-refractivity contribution >= 4 is 35.2 Å². The summed E-state index contributed by atoms with van der Waals surface area (Å²) in [5, 5.41) is 2.44. The molecule has 1 aromatic heterocycles. The number of rotatable bonds is 5.